The number of esters is 1. The summed E-state index contributed by atoms with van der Waals surface area (Å²) in [4.78, 5) is 23.8. The van der Waals surface area contributed by atoms with Gasteiger partial charge in [0.25, 0.3) is 5.91 Å². The molecular weight excluding hydrogens is 329 g/mol. The molecule has 6 heteroatoms. The molecular formula is C14H17BrFNO3. The van der Waals surface area contributed by atoms with Gasteiger partial charge in [-0.15, -0.1) is 0 Å². The van der Waals surface area contributed by atoms with Gasteiger partial charge in [0.2, 0.25) is 0 Å². The van der Waals surface area contributed by atoms with Gasteiger partial charge in [-0.3, -0.25) is 4.79 Å². The third kappa shape index (κ3) is 4.03. The number of benzene rings is 1. The SMILES string of the molecule is CCC(C)C(NC(=O)c1ccc(F)c(Br)c1)C(=O)OC. The first kappa shape index (κ1) is 16.6. The Bertz CT molecular complexity index is 507. The summed E-state index contributed by atoms with van der Waals surface area (Å²) >= 11 is 3.02. The number of methoxy groups -OCH3 is 1. The first-order valence-corrected chi connectivity index (χ1v) is 7.03. The quantitative estimate of drug-likeness (QED) is 0.834. The fraction of sp³-hybridized carbons (Fsp3) is 0.429. The molecule has 0 aliphatic carbocycles. The first-order valence-electron chi connectivity index (χ1n) is 6.24. The van der Waals surface area contributed by atoms with Crippen molar-refractivity contribution >= 4 is 27.8 Å². The molecule has 0 aliphatic rings. The van der Waals surface area contributed by atoms with Gasteiger partial charge in [-0.1, -0.05) is 20.3 Å². The van der Waals surface area contributed by atoms with Crippen LogP contribution in [-0.2, 0) is 9.53 Å². The zero-order valence-corrected chi connectivity index (χ0v) is 13.2. The van der Waals surface area contributed by atoms with Crippen molar-refractivity contribution in [2.24, 2.45) is 5.92 Å². The number of ether oxygens (including phenoxy) is 1. The number of nitrogens with one attached hydrogen (secondary N) is 1. The largest absolute Gasteiger partial charge is 0.467 e. The Morgan fingerprint density at radius 1 is 1.45 bits per heavy atom. The van der Waals surface area contributed by atoms with Crippen molar-refractivity contribution in [3.63, 3.8) is 0 Å². The fourth-order valence-corrected chi connectivity index (χ4v) is 2.04. The number of hydrogen-bond donors (Lipinski definition) is 1. The smallest absolute Gasteiger partial charge is 0.328 e. The summed E-state index contributed by atoms with van der Waals surface area (Å²) in [7, 11) is 1.28. The highest BCUT2D eigenvalue weighted by molar-refractivity contribution is 9.10. The second-order valence-corrected chi connectivity index (χ2v) is 5.34. The van der Waals surface area contributed by atoms with E-state index in [2.05, 4.69) is 21.2 Å². The van der Waals surface area contributed by atoms with Crippen LogP contribution in [-0.4, -0.2) is 25.0 Å². The number of carbonyl (C=O) groups excluding carboxylic acids is 2. The first-order chi connectivity index (χ1) is 9.40. The van der Waals surface area contributed by atoms with Crippen LogP contribution in [0.3, 0.4) is 0 Å². The van der Waals surface area contributed by atoms with Crippen molar-refractivity contribution in [1.29, 1.82) is 0 Å². The molecule has 0 heterocycles. The summed E-state index contributed by atoms with van der Waals surface area (Å²) in [6, 6.07) is 3.20. The molecule has 0 saturated carbocycles. The van der Waals surface area contributed by atoms with Crippen LogP contribution in [0, 0.1) is 11.7 Å². The van der Waals surface area contributed by atoms with Crippen LogP contribution >= 0.6 is 15.9 Å². The minimum atomic E-state index is -0.721. The van der Waals surface area contributed by atoms with Crippen LogP contribution in [0.25, 0.3) is 0 Å². The summed E-state index contributed by atoms with van der Waals surface area (Å²) in [6.07, 6.45) is 0.715. The highest BCUT2D eigenvalue weighted by Crippen LogP contribution is 2.17. The van der Waals surface area contributed by atoms with Crippen LogP contribution in [0.4, 0.5) is 4.39 Å². The van der Waals surface area contributed by atoms with E-state index in [1.807, 2.05) is 13.8 Å². The van der Waals surface area contributed by atoms with Crippen LogP contribution in [0.5, 0.6) is 0 Å². The van der Waals surface area contributed by atoms with Gasteiger partial charge >= 0.3 is 5.97 Å². The van der Waals surface area contributed by atoms with E-state index in [0.717, 1.165) is 0 Å². The average Bonchev–Trinajstić information content (AvgIpc) is 2.45. The maximum absolute atomic E-state index is 13.1. The Morgan fingerprint density at radius 2 is 2.10 bits per heavy atom. The summed E-state index contributed by atoms with van der Waals surface area (Å²) in [5.74, 6) is -1.45. The Kier molecular flexibility index (Phi) is 6.13. The highest BCUT2D eigenvalue weighted by atomic mass is 79.9. The molecule has 1 aromatic rings. The molecule has 0 bridgehead atoms. The highest BCUT2D eigenvalue weighted by Gasteiger charge is 2.27. The van der Waals surface area contributed by atoms with E-state index >= 15 is 0 Å². The van der Waals surface area contributed by atoms with Crippen molar-refractivity contribution < 1.29 is 18.7 Å². The predicted molar refractivity (Wildman–Crippen MR) is 76.8 cm³/mol. The third-order valence-electron chi connectivity index (χ3n) is 3.14. The Labute approximate surface area is 125 Å². The minimum Gasteiger partial charge on any atom is -0.467 e. The Hall–Kier alpha value is -1.43. The second-order valence-electron chi connectivity index (χ2n) is 4.49. The van der Waals surface area contributed by atoms with Gasteiger partial charge in [0, 0.05) is 5.56 Å². The Balaban J connectivity index is 2.90. The van der Waals surface area contributed by atoms with Crippen molar-refractivity contribution in [2.45, 2.75) is 26.3 Å². The molecule has 110 valence electrons. The number of carbonyl (C=O) groups is 2. The summed E-state index contributed by atoms with van der Waals surface area (Å²) in [5.41, 5.74) is 0.274. The molecule has 0 radical (unpaired) electrons. The van der Waals surface area contributed by atoms with E-state index in [0.29, 0.717) is 6.42 Å². The number of hydrogen-bond acceptors (Lipinski definition) is 3. The van der Waals surface area contributed by atoms with E-state index in [-0.39, 0.29) is 16.0 Å². The normalized spacial score (nSPS) is 13.4. The monoisotopic (exact) mass is 345 g/mol. The molecule has 2 atom stereocenters. The molecule has 0 saturated heterocycles. The average molecular weight is 346 g/mol. The minimum absolute atomic E-state index is 0.0599. The molecule has 0 spiro atoms. The maximum atomic E-state index is 13.1. The van der Waals surface area contributed by atoms with Gasteiger partial charge in [-0.2, -0.15) is 0 Å². The number of halogens is 2. The molecule has 1 N–H and O–H groups in total. The predicted octanol–water partition coefficient (Wildman–Crippen LogP) is 2.91. The van der Waals surface area contributed by atoms with Gasteiger partial charge < -0.3 is 10.1 Å². The van der Waals surface area contributed by atoms with Crippen molar-refractivity contribution in [1.82, 2.24) is 5.32 Å². The van der Waals surface area contributed by atoms with Crippen molar-refractivity contribution in [2.75, 3.05) is 7.11 Å². The molecule has 0 fully saturated rings. The van der Waals surface area contributed by atoms with Gasteiger partial charge in [0.1, 0.15) is 11.9 Å². The van der Waals surface area contributed by atoms with E-state index in [4.69, 9.17) is 4.74 Å². The van der Waals surface area contributed by atoms with Gasteiger partial charge in [-0.05, 0) is 40.0 Å². The molecule has 4 nitrogen and oxygen atoms in total. The summed E-state index contributed by atoms with van der Waals surface area (Å²) in [5, 5.41) is 2.62. The molecule has 1 rings (SSSR count). The van der Waals surface area contributed by atoms with Crippen molar-refractivity contribution in [3.8, 4) is 0 Å². The zero-order chi connectivity index (χ0) is 15.3. The molecule has 1 aromatic carbocycles. The Morgan fingerprint density at radius 3 is 2.60 bits per heavy atom. The van der Waals surface area contributed by atoms with E-state index in [9.17, 15) is 14.0 Å². The topological polar surface area (TPSA) is 55.4 Å². The van der Waals surface area contributed by atoms with Gasteiger partial charge in [0.15, 0.2) is 0 Å². The second kappa shape index (κ2) is 7.38. The number of amides is 1. The summed E-state index contributed by atoms with van der Waals surface area (Å²) in [6.45, 7) is 3.77. The standard InChI is InChI=1S/C14H17BrFNO3/c1-4-8(2)12(14(19)20-3)17-13(18)9-5-6-11(16)10(15)7-9/h5-8,12H,4H2,1-3H3,(H,17,18). The van der Waals surface area contributed by atoms with Crippen LogP contribution in [0.2, 0.25) is 0 Å². The van der Waals surface area contributed by atoms with Crippen molar-refractivity contribution in [3.05, 3.63) is 34.1 Å². The van der Waals surface area contributed by atoms with Gasteiger partial charge in [-0.25, -0.2) is 9.18 Å². The number of rotatable bonds is 5. The molecule has 20 heavy (non-hydrogen) atoms. The lowest BCUT2D eigenvalue weighted by Gasteiger charge is -2.21. The lowest BCUT2D eigenvalue weighted by molar-refractivity contribution is -0.144. The van der Waals surface area contributed by atoms with Gasteiger partial charge in [0.05, 0.1) is 11.6 Å². The fourth-order valence-electron chi connectivity index (χ4n) is 1.66. The molecule has 1 amide bonds. The molecule has 0 aromatic heterocycles. The molecule has 2 unspecified atom stereocenters. The van der Waals surface area contributed by atoms with Crippen LogP contribution in [0.1, 0.15) is 30.6 Å². The third-order valence-corrected chi connectivity index (χ3v) is 3.74. The zero-order valence-electron chi connectivity index (χ0n) is 11.6. The molecule has 0 aliphatic heterocycles. The van der Waals surface area contributed by atoms with Crippen LogP contribution < -0.4 is 5.32 Å². The van der Waals surface area contributed by atoms with E-state index in [1.165, 1.54) is 25.3 Å². The van der Waals surface area contributed by atoms with E-state index in [1.54, 1.807) is 0 Å². The lowest BCUT2D eigenvalue weighted by Crippen LogP contribution is -2.45. The lowest BCUT2D eigenvalue weighted by atomic mass is 9.99. The summed E-state index contributed by atoms with van der Waals surface area (Å²) < 4.78 is 18.0. The van der Waals surface area contributed by atoms with E-state index < -0.39 is 23.7 Å². The maximum Gasteiger partial charge on any atom is 0.328 e. The van der Waals surface area contributed by atoms with Crippen LogP contribution in [0.15, 0.2) is 22.7 Å².